The molecule has 0 aromatic carbocycles. The molecule has 0 aliphatic carbocycles. The average Bonchev–Trinajstić information content (AvgIpc) is 2.68. The molecule has 0 bridgehead atoms. The maximum atomic E-state index is 13.5. The predicted molar refractivity (Wildman–Crippen MR) is 122 cm³/mol. The van der Waals surface area contributed by atoms with Crippen LogP contribution in [-0.2, 0) is 14.3 Å². The zero-order valence-corrected chi connectivity index (χ0v) is 20.1. The third kappa shape index (κ3) is 7.61. The standard InChI is InChI=1S/C22H41N3O3S/c1-8-9-12-17(4)20(28-15-29-7)19-21(26)23-13-10-11-14-24(5)18(16(2)3)22(27)25(19)6/h8-9,16-20H,10-15H2,1-7H3,(H,23,26)/b9-8+. The number of carbonyl (C=O) groups is 2. The van der Waals surface area contributed by atoms with Crippen molar-refractivity contribution in [1.29, 1.82) is 0 Å². The number of hydrogen-bond acceptors (Lipinski definition) is 5. The number of hydrogen-bond donors (Lipinski definition) is 1. The van der Waals surface area contributed by atoms with Gasteiger partial charge >= 0.3 is 0 Å². The van der Waals surface area contributed by atoms with E-state index < -0.39 is 6.04 Å². The van der Waals surface area contributed by atoms with Crippen molar-refractivity contribution in [2.24, 2.45) is 11.8 Å². The Labute approximate surface area is 181 Å². The van der Waals surface area contributed by atoms with E-state index in [9.17, 15) is 9.59 Å². The second-order valence-corrected chi connectivity index (χ2v) is 9.19. The van der Waals surface area contributed by atoms with Crippen LogP contribution in [-0.4, -0.2) is 79.2 Å². The third-order valence-corrected chi connectivity index (χ3v) is 6.00. The van der Waals surface area contributed by atoms with Crippen molar-refractivity contribution in [3.05, 3.63) is 12.2 Å². The molecule has 7 heteroatoms. The van der Waals surface area contributed by atoms with Crippen molar-refractivity contribution in [3.63, 3.8) is 0 Å². The molecule has 1 fully saturated rings. The third-order valence-electron chi connectivity index (χ3n) is 5.62. The summed E-state index contributed by atoms with van der Waals surface area (Å²) in [6.45, 7) is 9.68. The molecule has 4 unspecified atom stereocenters. The Kier molecular flexibility index (Phi) is 11.9. The van der Waals surface area contributed by atoms with Gasteiger partial charge in [0.25, 0.3) is 0 Å². The van der Waals surface area contributed by atoms with E-state index >= 15 is 0 Å². The van der Waals surface area contributed by atoms with Crippen molar-refractivity contribution in [2.45, 2.75) is 65.1 Å². The van der Waals surface area contributed by atoms with Crippen LogP contribution in [0.4, 0.5) is 0 Å². The summed E-state index contributed by atoms with van der Waals surface area (Å²) in [4.78, 5) is 30.5. The van der Waals surface area contributed by atoms with Gasteiger partial charge in [0.15, 0.2) is 0 Å². The van der Waals surface area contributed by atoms with Crippen LogP contribution in [0.2, 0.25) is 0 Å². The first-order valence-corrected chi connectivity index (χ1v) is 12.1. The molecule has 4 atom stereocenters. The summed E-state index contributed by atoms with van der Waals surface area (Å²) >= 11 is 1.58. The quantitative estimate of drug-likeness (QED) is 0.477. The highest BCUT2D eigenvalue weighted by molar-refractivity contribution is 7.98. The fourth-order valence-corrected chi connectivity index (χ4v) is 4.31. The number of thioether (sulfide) groups is 1. The molecule has 1 aliphatic heterocycles. The van der Waals surface area contributed by atoms with E-state index in [4.69, 9.17) is 4.74 Å². The summed E-state index contributed by atoms with van der Waals surface area (Å²) in [7, 11) is 3.76. The Balaban J connectivity index is 3.31. The van der Waals surface area contributed by atoms with Gasteiger partial charge in [0, 0.05) is 13.6 Å². The fourth-order valence-electron chi connectivity index (χ4n) is 4.01. The molecule has 0 radical (unpaired) electrons. The van der Waals surface area contributed by atoms with Crippen molar-refractivity contribution < 1.29 is 14.3 Å². The summed E-state index contributed by atoms with van der Waals surface area (Å²) in [6.07, 6.45) is 8.36. The average molecular weight is 428 g/mol. The number of carbonyl (C=O) groups excluding carboxylic acids is 2. The van der Waals surface area contributed by atoms with Crippen LogP contribution in [0.5, 0.6) is 0 Å². The number of nitrogens with one attached hydrogen (secondary N) is 1. The fraction of sp³-hybridized carbons (Fsp3) is 0.818. The SMILES string of the molecule is C/C=C/CC(C)C(OCSC)C1C(=O)NCCCCN(C)C(C(C)C)C(=O)N1C. The summed E-state index contributed by atoms with van der Waals surface area (Å²) in [5, 5.41) is 3.05. The number of ether oxygens (including phenoxy) is 1. The number of likely N-dealkylation sites (N-methyl/N-ethyl adjacent to an activating group) is 2. The molecule has 0 aromatic heterocycles. The highest BCUT2D eigenvalue weighted by atomic mass is 32.2. The van der Waals surface area contributed by atoms with Gasteiger partial charge in [0.2, 0.25) is 11.8 Å². The Morgan fingerprint density at radius 2 is 1.90 bits per heavy atom. The van der Waals surface area contributed by atoms with Crippen LogP contribution in [0.3, 0.4) is 0 Å². The minimum Gasteiger partial charge on any atom is -0.365 e. The monoisotopic (exact) mass is 427 g/mol. The van der Waals surface area contributed by atoms with Crippen molar-refractivity contribution in [1.82, 2.24) is 15.1 Å². The smallest absolute Gasteiger partial charge is 0.245 e. The van der Waals surface area contributed by atoms with E-state index in [2.05, 4.69) is 37.1 Å². The normalized spacial score (nSPS) is 25.2. The molecule has 6 nitrogen and oxygen atoms in total. The van der Waals surface area contributed by atoms with Gasteiger partial charge in [-0.3, -0.25) is 14.5 Å². The van der Waals surface area contributed by atoms with Crippen molar-refractivity contribution >= 4 is 23.6 Å². The Hall–Kier alpha value is -1.05. The highest BCUT2D eigenvalue weighted by Crippen LogP contribution is 2.24. The van der Waals surface area contributed by atoms with Crippen LogP contribution < -0.4 is 5.32 Å². The summed E-state index contributed by atoms with van der Waals surface area (Å²) in [6, 6.07) is -0.900. The first-order chi connectivity index (χ1) is 13.8. The molecule has 0 spiro atoms. The van der Waals surface area contributed by atoms with E-state index in [1.165, 1.54) is 0 Å². The van der Waals surface area contributed by atoms with Gasteiger partial charge in [0.05, 0.1) is 18.1 Å². The van der Waals surface area contributed by atoms with Gasteiger partial charge in [-0.1, -0.05) is 32.9 Å². The number of allylic oxidation sites excluding steroid dienone is 2. The van der Waals surface area contributed by atoms with Crippen LogP contribution in [0, 0.1) is 11.8 Å². The lowest BCUT2D eigenvalue weighted by Gasteiger charge is -2.39. The lowest BCUT2D eigenvalue weighted by Crippen LogP contribution is -2.60. The maximum absolute atomic E-state index is 13.5. The minimum absolute atomic E-state index is 0.0134. The zero-order valence-electron chi connectivity index (χ0n) is 19.3. The first kappa shape index (κ1) is 26.0. The van der Waals surface area contributed by atoms with Gasteiger partial charge in [-0.25, -0.2) is 0 Å². The summed E-state index contributed by atoms with van der Waals surface area (Å²) in [5.74, 6) is 0.617. The maximum Gasteiger partial charge on any atom is 0.245 e. The second kappa shape index (κ2) is 13.3. The molecule has 29 heavy (non-hydrogen) atoms. The molecule has 1 heterocycles. The number of rotatable bonds is 8. The minimum atomic E-state index is -0.650. The molecule has 0 saturated carbocycles. The van der Waals surface area contributed by atoms with E-state index in [1.807, 2.05) is 26.3 Å². The van der Waals surface area contributed by atoms with Gasteiger partial charge in [0.1, 0.15) is 6.04 Å². The molecule has 2 amide bonds. The zero-order chi connectivity index (χ0) is 22.0. The topological polar surface area (TPSA) is 61.9 Å². The largest absolute Gasteiger partial charge is 0.365 e. The first-order valence-electron chi connectivity index (χ1n) is 10.7. The number of nitrogens with zero attached hydrogens (tertiary/aromatic N) is 2. The van der Waals surface area contributed by atoms with Crippen molar-refractivity contribution in [3.8, 4) is 0 Å². The van der Waals surface area contributed by atoms with E-state index in [1.54, 1.807) is 23.7 Å². The Morgan fingerprint density at radius 3 is 2.48 bits per heavy atom. The van der Waals surface area contributed by atoms with Crippen LogP contribution in [0.25, 0.3) is 0 Å². The molecule has 1 saturated heterocycles. The number of amides is 2. The molecule has 0 aromatic rings. The van der Waals surface area contributed by atoms with E-state index in [-0.39, 0.29) is 35.8 Å². The molecule has 1 rings (SSSR count). The summed E-state index contributed by atoms with van der Waals surface area (Å²) < 4.78 is 6.16. The Morgan fingerprint density at radius 1 is 1.21 bits per heavy atom. The second-order valence-electron chi connectivity index (χ2n) is 8.38. The van der Waals surface area contributed by atoms with E-state index in [0.29, 0.717) is 12.5 Å². The lowest BCUT2D eigenvalue weighted by atomic mass is 9.91. The molecular formula is C22H41N3O3S. The predicted octanol–water partition coefficient (Wildman–Crippen LogP) is 2.99. The van der Waals surface area contributed by atoms with Crippen LogP contribution in [0.1, 0.15) is 47.0 Å². The van der Waals surface area contributed by atoms with Gasteiger partial charge < -0.3 is 15.0 Å². The van der Waals surface area contributed by atoms with Gasteiger partial charge in [-0.05, 0) is 57.9 Å². The van der Waals surface area contributed by atoms with E-state index in [0.717, 1.165) is 25.8 Å². The van der Waals surface area contributed by atoms with Crippen molar-refractivity contribution in [2.75, 3.05) is 39.4 Å². The molecule has 168 valence electrons. The van der Waals surface area contributed by atoms with Crippen LogP contribution >= 0.6 is 11.8 Å². The molecular weight excluding hydrogens is 386 g/mol. The highest BCUT2D eigenvalue weighted by Gasteiger charge is 2.41. The lowest BCUT2D eigenvalue weighted by molar-refractivity contribution is -0.150. The van der Waals surface area contributed by atoms with Crippen LogP contribution in [0.15, 0.2) is 12.2 Å². The van der Waals surface area contributed by atoms with Gasteiger partial charge in [-0.2, -0.15) is 0 Å². The summed E-state index contributed by atoms with van der Waals surface area (Å²) in [5.41, 5.74) is 0. The Bertz CT molecular complexity index is 541. The molecule has 1 N–H and O–H groups in total. The molecule has 1 aliphatic rings. The van der Waals surface area contributed by atoms with Gasteiger partial charge in [-0.15, -0.1) is 11.8 Å².